The normalized spacial score (nSPS) is 17.7. The molecule has 0 aliphatic heterocycles. The molecule has 164 valence electrons. The summed E-state index contributed by atoms with van der Waals surface area (Å²) in [6, 6.07) is 9.10. The van der Waals surface area contributed by atoms with Gasteiger partial charge in [0.05, 0.1) is 35.5 Å². The largest absolute Gasteiger partial charge is 0.489 e. The highest BCUT2D eigenvalue weighted by Gasteiger charge is 2.43. The molecule has 1 aliphatic carbocycles. The summed E-state index contributed by atoms with van der Waals surface area (Å²) in [5.74, 6) is 0.762. The summed E-state index contributed by atoms with van der Waals surface area (Å²) < 4.78 is 25.8. The van der Waals surface area contributed by atoms with E-state index in [0.717, 1.165) is 5.56 Å². The fourth-order valence-electron chi connectivity index (χ4n) is 3.49. The van der Waals surface area contributed by atoms with Crippen LogP contribution in [0, 0.1) is 6.92 Å². The van der Waals surface area contributed by atoms with E-state index in [1.165, 1.54) is 6.20 Å². The van der Waals surface area contributed by atoms with Crippen LogP contribution in [-0.2, 0) is 0 Å². The van der Waals surface area contributed by atoms with Crippen molar-refractivity contribution in [2.24, 2.45) is 0 Å². The van der Waals surface area contributed by atoms with E-state index in [1.807, 2.05) is 39.0 Å². The topological polar surface area (TPSA) is 94.6 Å². The van der Waals surface area contributed by atoms with E-state index >= 15 is 0 Å². The van der Waals surface area contributed by atoms with E-state index < -0.39 is 6.17 Å². The lowest BCUT2D eigenvalue weighted by molar-refractivity contribution is 0.102. The van der Waals surface area contributed by atoms with Crippen molar-refractivity contribution in [3.05, 3.63) is 59.7 Å². The van der Waals surface area contributed by atoms with Crippen LogP contribution in [0.4, 0.5) is 10.1 Å². The Balaban J connectivity index is 1.38. The highest BCUT2D eigenvalue weighted by atomic mass is 19.1. The van der Waals surface area contributed by atoms with Crippen LogP contribution < -0.4 is 10.1 Å². The van der Waals surface area contributed by atoms with Gasteiger partial charge in [0.15, 0.2) is 0 Å². The average molecular weight is 435 g/mol. The lowest BCUT2D eigenvalue weighted by Crippen LogP contribution is -2.12. The molecule has 1 N–H and O–H groups in total. The van der Waals surface area contributed by atoms with E-state index in [-0.39, 0.29) is 17.9 Å². The fourth-order valence-corrected chi connectivity index (χ4v) is 3.49. The second-order valence-corrected chi connectivity index (χ2v) is 8.22. The molecule has 1 aromatic carbocycles. The first kappa shape index (κ1) is 20.2. The lowest BCUT2D eigenvalue weighted by Gasteiger charge is -2.10. The number of aryl methyl sites for hydroxylation is 1. The number of hydrogen-bond acceptors (Lipinski definition) is 6. The van der Waals surface area contributed by atoms with Crippen molar-refractivity contribution in [3.8, 4) is 17.1 Å². The van der Waals surface area contributed by atoms with E-state index in [2.05, 4.69) is 20.6 Å². The molecule has 0 unspecified atom stereocenters. The lowest BCUT2D eigenvalue weighted by atomic mass is 10.1. The number of rotatable bonds is 6. The molecule has 5 rings (SSSR count). The number of alkyl halides is 1. The molecule has 0 radical (unpaired) electrons. The van der Waals surface area contributed by atoms with Crippen LogP contribution in [0.1, 0.15) is 48.0 Å². The quantitative estimate of drug-likeness (QED) is 0.477. The van der Waals surface area contributed by atoms with E-state index in [9.17, 15) is 9.18 Å². The summed E-state index contributed by atoms with van der Waals surface area (Å²) >= 11 is 0. The van der Waals surface area contributed by atoms with Crippen LogP contribution in [0.15, 0.2) is 47.2 Å². The maximum atomic E-state index is 13.3. The van der Waals surface area contributed by atoms with Gasteiger partial charge in [0.1, 0.15) is 11.9 Å². The van der Waals surface area contributed by atoms with E-state index in [1.54, 1.807) is 22.8 Å². The number of fused-ring (bicyclic) bond motifs is 1. The number of halogens is 1. The Bertz CT molecular complexity index is 1310. The van der Waals surface area contributed by atoms with Gasteiger partial charge in [-0.2, -0.15) is 10.1 Å². The Morgan fingerprint density at radius 2 is 2.12 bits per heavy atom. The number of pyridine rings is 1. The molecule has 4 aromatic rings. The minimum Gasteiger partial charge on any atom is -0.489 e. The number of nitrogens with one attached hydrogen (secondary N) is 1. The van der Waals surface area contributed by atoms with Crippen LogP contribution in [0.5, 0.6) is 5.75 Å². The maximum absolute atomic E-state index is 13.3. The van der Waals surface area contributed by atoms with Crippen molar-refractivity contribution >= 4 is 17.1 Å². The molecule has 0 bridgehead atoms. The minimum absolute atomic E-state index is 0.0407. The molecule has 3 heterocycles. The van der Waals surface area contributed by atoms with Crippen molar-refractivity contribution in [2.45, 2.75) is 45.4 Å². The molecule has 1 amide bonds. The predicted octanol–water partition coefficient (Wildman–Crippen LogP) is 4.56. The second kappa shape index (κ2) is 7.74. The van der Waals surface area contributed by atoms with Gasteiger partial charge < -0.3 is 14.6 Å². The second-order valence-electron chi connectivity index (χ2n) is 8.22. The zero-order valence-electron chi connectivity index (χ0n) is 17.9. The van der Waals surface area contributed by atoms with Crippen molar-refractivity contribution in [2.75, 3.05) is 5.32 Å². The zero-order valence-corrected chi connectivity index (χ0v) is 17.9. The summed E-state index contributed by atoms with van der Waals surface area (Å²) in [6.45, 7) is 5.79. The monoisotopic (exact) mass is 435 g/mol. The summed E-state index contributed by atoms with van der Waals surface area (Å²) in [6.07, 6.45) is 2.82. The van der Waals surface area contributed by atoms with Gasteiger partial charge in [-0.1, -0.05) is 17.3 Å². The van der Waals surface area contributed by atoms with Crippen molar-refractivity contribution < 1.29 is 18.4 Å². The number of benzene rings is 1. The van der Waals surface area contributed by atoms with E-state index in [0.29, 0.717) is 46.2 Å². The molecule has 0 spiro atoms. The van der Waals surface area contributed by atoms with Gasteiger partial charge in [-0.3, -0.25) is 4.79 Å². The van der Waals surface area contributed by atoms with Gasteiger partial charge in [-0.05, 0) is 51.0 Å². The molecule has 9 heteroatoms. The average Bonchev–Trinajstić information content (AvgIpc) is 3.15. The van der Waals surface area contributed by atoms with Gasteiger partial charge in [0.25, 0.3) is 5.91 Å². The molecule has 3 aromatic heterocycles. The number of hydrogen-bond donors (Lipinski definition) is 1. The van der Waals surface area contributed by atoms with Crippen molar-refractivity contribution in [1.29, 1.82) is 0 Å². The number of carbonyl (C=O) groups excluding carboxylic acids is 1. The highest BCUT2D eigenvalue weighted by Crippen LogP contribution is 2.43. The Labute approximate surface area is 183 Å². The summed E-state index contributed by atoms with van der Waals surface area (Å²) in [5.41, 5.74) is 3.27. The standard InChI is InChI=1S/C23H22FN5O3/c1-12(2)31-15-6-7-20-17(10-25-29(20)11-15)22(30)26-19-8-14(5-4-13(19)3)21-27-23(32-28-21)16-9-18(16)24/h4-8,10-12,16,18H,9H2,1-3H3,(H,26,30)/t16-,18-/m0/s1. The first-order chi connectivity index (χ1) is 15.4. The number of aromatic nitrogens is 4. The third-order valence-electron chi connectivity index (χ3n) is 5.32. The maximum Gasteiger partial charge on any atom is 0.259 e. The van der Waals surface area contributed by atoms with Crippen LogP contribution >= 0.6 is 0 Å². The SMILES string of the molecule is Cc1ccc(-c2noc([C@H]3C[C@@H]3F)n2)cc1NC(=O)c1cnn2cc(OC(C)C)ccc12. The molecule has 32 heavy (non-hydrogen) atoms. The van der Waals surface area contributed by atoms with Crippen molar-refractivity contribution in [3.63, 3.8) is 0 Å². The highest BCUT2D eigenvalue weighted by molar-refractivity contribution is 6.09. The molecule has 2 atom stereocenters. The Hall–Kier alpha value is -3.75. The Morgan fingerprint density at radius 3 is 2.88 bits per heavy atom. The zero-order chi connectivity index (χ0) is 22.4. The van der Waals surface area contributed by atoms with Gasteiger partial charge in [-0.25, -0.2) is 8.91 Å². The molecule has 1 saturated carbocycles. The molecule has 8 nitrogen and oxygen atoms in total. The van der Waals surface area contributed by atoms with Crippen LogP contribution in [-0.4, -0.2) is 37.9 Å². The minimum atomic E-state index is -0.907. The molecular formula is C23H22FN5O3. The number of anilines is 1. The molecular weight excluding hydrogens is 413 g/mol. The first-order valence-electron chi connectivity index (χ1n) is 10.4. The first-order valence-corrected chi connectivity index (χ1v) is 10.4. The smallest absolute Gasteiger partial charge is 0.259 e. The van der Waals surface area contributed by atoms with Gasteiger partial charge in [0.2, 0.25) is 11.7 Å². The third kappa shape index (κ3) is 3.81. The Kier molecular flexibility index (Phi) is 4.88. The summed E-state index contributed by atoms with van der Waals surface area (Å²) in [4.78, 5) is 17.3. The summed E-state index contributed by atoms with van der Waals surface area (Å²) in [7, 11) is 0. The number of carbonyl (C=O) groups is 1. The number of ether oxygens (including phenoxy) is 1. The van der Waals surface area contributed by atoms with Crippen LogP contribution in [0.3, 0.4) is 0 Å². The van der Waals surface area contributed by atoms with Gasteiger partial charge in [0, 0.05) is 11.3 Å². The van der Waals surface area contributed by atoms with Crippen LogP contribution in [0.25, 0.3) is 16.9 Å². The van der Waals surface area contributed by atoms with Crippen molar-refractivity contribution in [1.82, 2.24) is 19.8 Å². The van der Waals surface area contributed by atoms with Gasteiger partial charge in [-0.15, -0.1) is 0 Å². The van der Waals surface area contributed by atoms with E-state index in [4.69, 9.17) is 9.26 Å². The van der Waals surface area contributed by atoms with Crippen LogP contribution in [0.2, 0.25) is 0 Å². The van der Waals surface area contributed by atoms with Gasteiger partial charge >= 0.3 is 0 Å². The fraction of sp³-hybridized carbons (Fsp3) is 0.304. The molecule has 0 saturated heterocycles. The third-order valence-corrected chi connectivity index (χ3v) is 5.32. The molecule has 1 fully saturated rings. The summed E-state index contributed by atoms with van der Waals surface area (Å²) in [5, 5.41) is 11.2. The Morgan fingerprint density at radius 1 is 1.31 bits per heavy atom. The number of amides is 1. The molecule has 1 aliphatic rings. The predicted molar refractivity (Wildman–Crippen MR) is 116 cm³/mol. The number of nitrogens with zero attached hydrogens (tertiary/aromatic N) is 4.